The Bertz CT molecular complexity index is 565. The minimum absolute atomic E-state index is 0.0626. The predicted octanol–water partition coefficient (Wildman–Crippen LogP) is 1.76. The van der Waals surface area contributed by atoms with Crippen LogP contribution in [0.5, 0.6) is 0 Å². The minimum Gasteiger partial charge on any atom is -0.385 e. The summed E-state index contributed by atoms with van der Waals surface area (Å²) in [5, 5.41) is 0.461. The van der Waals surface area contributed by atoms with E-state index in [9.17, 15) is 8.42 Å². The molecule has 0 aliphatic carbocycles. The third kappa shape index (κ3) is 5.21. The zero-order valence-corrected chi connectivity index (χ0v) is 13.7. The van der Waals surface area contributed by atoms with Crippen LogP contribution in [0, 0.1) is 0 Å². The van der Waals surface area contributed by atoms with Crippen LogP contribution in [-0.4, -0.2) is 56.1 Å². The summed E-state index contributed by atoms with van der Waals surface area (Å²) in [6.07, 6.45) is 1.56. The van der Waals surface area contributed by atoms with Crippen molar-refractivity contribution in [3.63, 3.8) is 0 Å². The highest BCUT2D eigenvalue weighted by molar-refractivity contribution is 7.91. The Kier molecular flexibility index (Phi) is 5.98. The average Bonchev–Trinajstić information content (AvgIpc) is 2.78. The highest BCUT2D eigenvalue weighted by Crippen LogP contribution is 2.20. The summed E-state index contributed by atoms with van der Waals surface area (Å²) in [4.78, 5) is 6.47. The van der Waals surface area contributed by atoms with Crippen LogP contribution in [0.2, 0.25) is 5.15 Å². The van der Waals surface area contributed by atoms with Crippen molar-refractivity contribution >= 4 is 21.4 Å². The van der Waals surface area contributed by atoms with Gasteiger partial charge in [0.2, 0.25) is 0 Å². The van der Waals surface area contributed by atoms with Gasteiger partial charge >= 0.3 is 0 Å². The number of methoxy groups -OCH3 is 1. The summed E-state index contributed by atoms with van der Waals surface area (Å²) in [6.45, 7) is 2.08. The molecule has 21 heavy (non-hydrogen) atoms. The molecule has 118 valence electrons. The van der Waals surface area contributed by atoms with Gasteiger partial charge in [-0.15, -0.1) is 0 Å². The van der Waals surface area contributed by atoms with Gasteiger partial charge in [-0.3, -0.25) is 4.90 Å². The monoisotopic (exact) mass is 332 g/mol. The van der Waals surface area contributed by atoms with Crippen LogP contribution >= 0.6 is 11.6 Å². The van der Waals surface area contributed by atoms with Gasteiger partial charge < -0.3 is 4.74 Å². The molecule has 1 aromatic heterocycles. The highest BCUT2D eigenvalue weighted by atomic mass is 35.5. The molecule has 0 bridgehead atoms. The summed E-state index contributed by atoms with van der Waals surface area (Å²) in [5.74, 6) is 0.516. The van der Waals surface area contributed by atoms with Gasteiger partial charge in [0, 0.05) is 32.8 Å². The summed E-state index contributed by atoms with van der Waals surface area (Å²) in [7, 11) is -1.22. The minimum atomic E-state index is -2.89. The second kappa shape index (κ2) is 7.54. The molecular formula is C14H21ClN2O3S. The maximum atomic E-state index is 11.7. The first kappa shape index (κ1) is 16.7. The van der Waals surface area contributed by atoms with E-state index >= 15 is 0 Å². The number of hydrogen-bond acceptors (Lipinski definition) is 5. The van der Waals surface area contributed by atoms with Crippen LogP contribution in [0.4, 0.5) is 0 Å². The Morgan fingerprint density at radius 3 is 2.90 bits per heavy atom. The molecule has 1 unspecified atom stereocenters. The summed E-state index contributed by atoms with van der Waals surface area (Å²) < 4.78 is 28.5. The summed E-state index contributed by atoms with van der Waals surface area (Å²) >= 11 is 5.91. The number of pyridine rings is 1. The van der Waals surface area contributed by atoms with Crippen LogP contribution in [-0.2, 0) is 21.1 Å². The van der Waals surface area contributed by atoms with Gasteiger partial charge in [0.05, 0.1) is 17.2 Å². The lowest BCUT2D eigenvalue weighted by atomic mass is 10.2. The zero-order valence-electron chi connectivity index (χ0n) is 12.2. The lowest BCUT2D eigenvalue weighted by Crippen LogP contribution is -2.37. The van der Waals surface area contributed by atoms with Crippen molar-refractivity contribution in [2.45, 2.75) is 25.4 Å². The highest BCUT2D eigenvalue weighted by Gasteiger charge is 2.32. The van der Waals surface area contributed by atoms with Gasteiger partial charge in [-0.05, 0) is 25.0 Å². The fourth-order valence-corrected chi connectivity index (χ4v) is 4.56. The molecule has 0 N–H and O–H groups in total. The van der Waals surface area contributed by atoms with E-state index in [4.69, 9.17) is 16.3 Å². The number of nitrogens with zero attached hydrogens (tertiary/aromatic N) is 2. The van der Waals surface area contributed by atoms with Crippen LogP contribution < -0.4 is 0 Å². The molecule has 1 aliphatic heterocycles. The van der Waals surface area contributed by atoms with E-state index in [2.05, 4.69) is 9.88 Å². The van der Waals surface area contributed by atoms with Gasteiger partial charge in [-0.25, -0.2) is 13.4 Å². The fourth-order valence-electron chi connectivity index (χ4n) is 2.61. The maximum Gasteiger partial charge on any atom is 0.151 e. The smallest absolute Gasteiger partial charge is 0.151 e. The maximum absolute atomic E-state index is 11.7. The Morgan fingerprint density at radius 2 is 2.29 bits per heavy atom. The zero-order chi connectivity index (χ0) is 15.3. The molecule has 0 saturated carbocycles. The third-order valence-electron chi connectivity index (χ3n) is 3.66. The van der Waals surface area contributed by atoms with Gasteiger partial charge in [0.15, 0.2) is 9.84 Å². The third-order valence-corrected chi connectivity index (χ3v) is 5.62. The molecular weight excluding hydrogens is 312 g/mol. The lowest BCUT2D eigenvalue weighted by Gasteiger charge is -2.27. The molecule has 1 fully saturated rings. The standard InChI is InChI=1S/C14H21ClN2O3S/c1-20-8-3-7-17(13-6-9-21(18,19)11-13)10-12-4-2-5-14(15)16-12/h2,4-5,13H,3,6-11H2,1H3. The largest absolute Gasteiger partial charge is 0.385 e. The summed E-state index contributed by atoms with van der Waals surface area (Å²) in [6, 6.07) is 5.58. The van der Waals surface area contributed by atoms with E-state index in [1.54, 1.807) is 13.2 Å². The number of sulfone groups is 1. The Hall–Kier alpha value is -0.690. The molecule has 7 heteroatoms. The summed E-state index contributed by atoms with van der Waals surface area (Å²) in [5.41, 5.74) is 0.865. The van der Waals surface area contributed by atoms with Crippen molar-refractivity contribution in [2.24, 2.45) is 0 Å². The molecule has 5 nitrogen and oxygen atoms in total. The normalized spacial score (nSPS) is 21.0. The van der Waals surface area contributed by atoms with E-state index in [0.717, 1.165) is 18.7 Å². The van der Waals surface area contributed by atoms with E-state index in [-0.39, 0.29) is 17.5 Å². The molecule has 1 saturated heterocycles. The predicted molar refractivity (Wildman–Crippen MR) is 83.2 cm³/mol. The SMILES string of the molecule is COCCCN(Cc1cccc(Cl)n1)C1CCS(=O)(=O)C1. The molecule has 0 amide bonds. The lowest BCUT2D eigenvalue weighted by molar-refractivity contribution is 0.149. The van der Waals surface area contributed by atoms with Gasteiger partial charge in [-0.2, -0.15) is 0 Å². The Labute approximate surface area is 131 Å². The van der Waals surface area contributed by atoms with E-state index in [1.165, 1.54) is 0 Å². The first-order valence-electron chi connectivity index (χ1n) is 7.05. The van der Waals surface area contributed by atoms with Gasteiger partial charge in [0.1, 0.15) is 5.15 Å². The van der Waals surface area contributed by atoms with Crippen molar-refractivity contribution in [1.82, 2.24) is 9.88 Å². The molecule has 1 atom stereocenters. The van der Waals surface area contributed by atoms with E-state index in [1.807, 2.05) is 12.1 Å². The van der Waals surface area contributed by atoms with Crippen molar-refractivity contribution in [3.05, 3.63) is 29.0 Å². The van der Waals surface area contributed by atoms with Gasteiger partial charge in [0.25, 0.3) is 0 Å². The fraction of sp³-hybridized carbons (Fsp3) is 0.643. The van der Waals surface area contributed by atoms with Crippen LogP contribution in [0.3, 0.4) is 0 Å². The number of aromatic nitrogens is 1. The first-order chi connectivity index (χ1) is 10.00. The topological polar surface area (TPSA) is 59.5 Å². The van der Waals surface area contributed by atoms with Crippen molar-refractivity contribution in [3.8, 4) is 0 Å². The average molecular weight is 333 g/mol. The number of halogens is 1. The van der Waals surface area contributed by atoms with Crippen molar-refractivity contribution < 1.29 is 13.2 Å². The van der Waals surface area contributed by atoms with Crippen molar-refractivity contribution in [1.29, 1.82) is 0 Å². The first-order valence-corrected chi connectivity index (χ1v) is 9.25. The Balaban J connectivity index is 2.05. The van der Waals surface area contributed by atoms with Crippen molar-refractivity contribution in [2.75, 3.05) is 31.8 Å². The molecule has 0 radical (unpaired) electrons. The Morgan fingerprint density at radius 1 is 1.48 bits per heavy atom. The quantitative estimate of drug-likeness (QED) is 0.562. The molecule has 2 rings (SSSR count). The van der Waals surface area contributed by atoms with Crippen LogP contribution in [0.15, 0.2) is 18.2 Å². The van der Waals surface area contributed by atoms with Crippen LogP contribution in [0.1, 0.15) is 18.5 Å². The molecule has 2 heterocycles. The van der Waals surface area contributed by atoms with E-state index < -0.39 is 9.84 Å². The van der Waals surface area contributed by atoms with E-state index in [0.29, 0.717) is 24.7 Å². The molecule has 1 aliphatic rings. The second-order valence-corrected chi connectivity index (χ2v) is 7.94. The number of ether oxygens (including phenoxy) is 1. The second-order valence-electron chi connectivity index (χ2n) is 5.33. The molecule has 0 aromatic carbocycles. The molecule has 0 spiro atoms. The number of hydrogen-bond donors (Lipinski definition) is 0. The number of rotatable bonds is 7. The van der Waals surface area contributed by atoms with Crippen LogP contribution in [0.25, 0.3) is 0 Å². The van der Waals surface area contributed by atoms with Gasteiger partial charge in [-0.1, -0.05) is 17.7 Å². The molecule has 1 aromatic rings.